The number of halogens is 3. The first-order chi connectivity index (χ1) is 8.71. The van der Waals surface area contributed by atoms with E-state index in [0.717, 1.165) is 0 Å². The predicted molar refractivity (Wildman–Crippen MR) is 66.0 cm³/mol. The van der Waals surface area contributed by atoms with Crippen molar-refractivity contribution in [3.63, 3.8) is 0 Å². The van der Waals surface area contributed by atoms with Gasteiger partial charge in [-0.1, -0.05) is 0 Å². The number of hydrogen-bond donors (Lipinski definition) is 3. The average molecular weight is 296 g/mol. The summed E-state index contributed by atoms with van der Waals surface area (Å²) in [5.41, 5.74) is -0.602. The number of thiophene rings is 1. The summed E-state index contributed by atoms with van der Waals surface area (Å²) in [5.74, 6) is 0. The van der Waals surface area contributed by atoms with Gasteiger partial charge in [-0.15, -0.1) is 0 Å². The molecule has 19 heavy (non-hydrogen) atoms. The summed E-state index contributed by atoms with van der Waals surface area (Å²) in [6, 6.07) is 0.980. The van der Waals surface area contributed by atoms with Crippen molar-refractivity contribution < 1.29 is 23.1 Å². The van der Waals surface area contributed by atoms with E-state index in [0.29, 0.717) is 5.56 Å². The van der Waals surface area contributed by atoms with Crippen LogP contribution in [0.4, 0.5) is 18.0 Å². The Morgan fingerprint density at radius 2 is 2.11 bits per heavy atom. The maximum atomic E-state index is 11.9. The van der Waals surface area contributed by atoms with E-state index in [-0.39, 0.29) is 6.54 Å². The van der Waals surface area contributed by atoms with Gasteiger partial charge in [0.1, 0.15) is 5.60 Å². The van der Waals surface area contributed by atoms with Crippen LogP contribution in [0.2, 0.25) is 0 Å². The van der Waals surface area contributed by atoms with Crippen molar-refractivity contribution in [2.24, 2.45) is 0 Å². The monoisotopic (exact) mass is 296 g/mol. The quantitative estimate of drug-likeness (QED) is 0.780. The van der Waals surface area contributed by atoms with E-state index in [9.17, 15) is 23.1 Å². The second-order valence-corrected chi connectivity index (χ2v) is 5.04. The van der Waals surface area contributed by atoms with Crippen molar-refractivity contribution in [3.05, 3.63) is 22.4 Å². The highest BCUT2D eigenvalue weighted by Gasteiger charge is 2.27. The minimum atomic E-state index is -4.30. The molecule has 0 aliphatic heterocycles. The molecule has 0 radical (unpaired) electrons. The fraction of sp³-hybridized carbons (Fsp3) is 0.545. The normalized spacial score (nSPS) is 14.8. The van der Waals surface area contributed by atoms with E-state index in [4.69, 9.17) is 0 Å². The van der Waals surface area contributed by atoms with E-state index in [1.165, 1.54) is 18.3 Å². The van der Waals surface area contributed by atoms with Gasteiger partial charge < -0.3 is 15.7 Å². The van der Waals surface area contributed by atoms with Crippen LogP contribution in [0.3, 0.4) is 0 Å². The molecular weight excluding hydrogens is 281 g/mol. The summed E-state index contributed by atoms with van der Waals surface area (Å²) in [6.45, 7) is 0.947. The number of aliphatic hydroxyl groups is 1. The lowest BCUT2D eigenvalue weighted by atomic mass is 9.99. The molecule has 0 saturated carbocycles. The van der Waals surface area contributed by atoms with Crippen LogP contribution in [0.25, 0.3) is 0 Å². The lowest BCUT2D eigenvalue weighted by Crippen LogP contribution is -2.44. The van der Waals surface area contributed by atoms with E-state index < -0.39 is 30.8 Å². The first kappa shape index (κ1) is 15.8. The van der Waals surface area contributed by atoms with Crippen LogP contribution in [0, 0.1) is 0 Å². The van der Waals surface area contributed by atoms with Gasteiger partial charge >= 0.3 is 12.2 Å². The summed E-state index contributed by atoms with van der Waals surface area (Å²) in [7, 11) is 0. The molecule has 0 aliphatic carbocycles. The molecule has 1 rings (SSSR count). The highest BCUT2D eigenvalue weighted by Crippen LogP contribution is 2.22. The summed E-state index contributed by atoms with van der Waals surface area (Å²) >= 11 is 1.40. The van der Waals surface area contributed by atoms with Crippen LogP contribution in [-0.2, 0) is 5.60 Å². The van der Waals surface area contributed by atoms with Gasteiger partial charge in [-0.3, -0.25) is 0 Å². The van der Waals surface area contributed by atoms with Gasteiger partial charge in [0.05, 0.1) is 13.0 Å². The molecule has 4 nitrogen and oxygen atoms in total. The molecule has 0 spiro atoms. The van der Waals surface area contributed by atoms with E-state index in [1.807, 2.05) is 0 Å². The number of rotatable bonds is 5. The number of amides is 2. The Labute approximate surface area is 112 Å². The number of carbonyl (C=O) groups excluding carboxylic acids is 1. The number of hydrogen-bond acceptors (Lipinski definition) is 3. The lowest BCUT2D eigenvalue weighted by molar-refractivity contribution is -0.132. The SMILES string of the molecule is CC(O)(CNC(=O)NCCC(F)(F)F)c1ccsc1. The smallest absolute Gasteiger partial charge is 0.384 e. The molecule has 1 atom stereocenters. The van der Waals surface area contributed by atoms with Crippen molar-refractivity contribution in [1.29, 1.82) is 0 Å². The van der Waals surface area contributed by atoms with E-state index in [2.05, 4.69) is 10.6 Å². The molecule has 8 heteroatoms. The van der Waals surface area contributed by atoms with Gasteiger partial charge in [-0.2, -0.15) is 24.5 Å². The summed E-state index contributed by atoms with van der Waals surface area (Å²) in [4.78, 5) is 11.2. The topological polar surface area (TPSA) is 61.4 Å². The minimum Gasteiger partial charge on any atom is -0.384 e. The molecule has 1 aromatic rings. The lowest BCUT2D eigenvalue weighted by Gasteiger charge is -2.22. The van der Waals surface area contributed by atoms with Crippen molar-refractivity contribution in [2.45, 2.75) is 25.1 Å². The maximum Gasteiger partial charge on any atom is 0.390 e. The third kappa shape index (κ3) is 5.93. The third-order valence-electron chi connectivity index (χ3n) is 2.43. The molecule has 108 valence electrons. The van der Waals surface area contributed by atoms with Gasteiger partial charge in [0.2, 0.25) is 0 Å². The fourth-order valence-electron chi connectivity index (χ4n) is 1.31. The van der Waals surface area contributed by atoms with E-state index >= 15 is 0 Å². The van der Waals surface area contributed by atoms with Gasteiger partial charge in [-0.25, -0.2) is 4.79 Å². The Kier molecular flexibility index (Phi) is 5.19. The van der Waals surface area contributed by atoms with Crippen molar-refractivity contribution >= 4 is 17.4 Å². The maximum absolute atomic E-state index is 11.9. The third-order valence-corrected chi connectivity index (χ3v) is 3.11. The molecule has 0 aromatic carbocycles. The number of carbonyl (C=O) groups is 1. The van der Waals surface area contributed by atoms with Gasteiger partial charge in [0.25, 0.3) is 0 Å². The highest BCUT2D eigenvalue weighted by atomic mass is 32.1. The van der Waals surface area contributed by atoms with Crippen LogP contribution in [0.1, 0.15) is 18.9 Å². The Morgan fingerprint density at radius 1 is 1.42 bits per heavy atom. The zero-order chi connectivity index (χ0) is 14.5. The average Bonchev–Trinajstić information content (AvgIpc) is 2.78. The standard InChI is InChI=1S/C11H15F3N2O2S/c1-10(18,8-2-5-19-6-8)7-16-9(17)15-4-3-11(12,13)14/h2,5-6,18H,3-4,7H2,1H3,(H2,15,16,17). The molecule has 2 amide bonds. The Bertz CT molecular complexity index is 405. The van der Waals surface area contributed by atoms with Crippen LogP contribution in [-0.4, -0.2) is 30.4 Å². The van der Waals surface area contributed by atoms with Gasteiger partial charge in [-0.05, 0) is 29.3 Å². The largest absolute Gasteiger partial charge is 0.390 e. The molecule has 0 aliphatic rings. The first-order valence-electron chi connectivity index (χ1n) is 5.54. The van der Waals surface area contributed by atoms with E-state index in [1.54, 1.807) is 16.8 Å². The zero-order valence-electron chi connectivity index (χ0n) is 10.3. The molecule has 0 bridgehead atoms. The fourth-order valence-corrected chi connectivity index (χ4v) is 2.09. The van der Waals surface area contributed by atoms with Crippen molar-refractivity contribution in [3.8, 4) is 0 Å². The molecule has 0 fully saturated rings. The zero-order valence-corrected chi connectivity index (χ0v) is 11.1. The van der Waals surface area contributed by atoms with Gasteiger partial charge in [0.15, 0.2) is 0 Å². The van der Waals surface area contributed by atoms with Gasteiger partial charge in [0, 0.05) is 6.54 Å². The number of alkyl halides is 3. The molecule has 1 unspecified atom stereocenters. The summed E-state index contributed by atoms with van der Waals surface area (Å²) < 4.78 is 35.6. The number of nitrogens with one attached hydrogen (secondary N) is 2. The van der Waals surface area contributed by atoms with Crippen LogP contribution >= 0.6 is 11.3 Å². The Hall–Kier alpha value is -1.28. The molecule has 0 saturated heterocycles. The predicted octanol–water partition coefficient (Wildman–Crippen LogP) is 2.21. The second-order valence-electron chi connectivity index (χ2n) is 4.26. The molecular formula is C11H15F3N2O2S. The van der Waals surface area contributed by atoms with Crippen molar-refractivity contribution in [2.75, 3.05) is 13.1 Å². The van der Waals surface area contributed by atoms with Crippen molar-refractivity contribution in [1.82, 2.24) is 10.6 Å². The minimum absolute atomic E-state index is 0.0818. The highest BCUT2D eigenvalue weighted by molar-refractivity contribution is 7.08. The Morgan fingerprint density at radius 3 is 2.63 bits per heavy atom. The Balaban J connectivity index is 2.30. The summed E-state index contributed by atoms with van der Waals surface area (Å²) in [5, 5.41) is 18.0. The summed E-state index contributed by atoms with van der Waals surface area (Å²) in [6.07, 6.45) is -5.38. The first-order valence-corrected chi connectivity index (χ1v) is 6.48. The van der Waals surface area contributed by atoms with Crippen LogP contribution in [0.15, 0.2) is 16.8 Å². The molecule has 3 N–H and O–H groups in total. The number of urea groups is 1. The molecule has 1 heterocycles. The van der Waals surface area contributed by atoms with Crippen LogP contribution < -0.4 is 10.6 Å². The van der Waals surface area contributed by atoms with Crippen LogP contribution in [0.5, 0.6) is 0 Å². The second kappa shape index (κ2) is 6.25. The molecule has 1 aromatic heterocycles.